The number of carbonyl (C=O) groups is 2. The number of hydrogen-bond acceptors (Lipinski definition) is 8. The number of esters is 2. The summed E-state index contributed by atoms with van der Waals surface area (Å²) >= 11 is 0. The van der Waals surface area contributed by atoms with Crippen molar-refractivity contribution in [3.8, 4) is 0 Å². The Morgan fingerprint density at radius 1 is 0.554 bits per heavy atom. The summed E-state index contributed by atoms with van der Waals surface area (Å²) in [6.07, 6.45) is 50.7. The molecule has 0 bridgehead atoms. The van der Waals surface area contributed by atoms with E-state index in [9.17, 15) is 19.0 Å². The van der Waals surface area contributed by atoms with Crippen molar-refractivity contribution in [2.45, 2.75) is 161 Å². The van der Waals surface area contributed by atoms with Gasteiger partial charge in [0.2, 0.25) is 0 Å². The summed E-state index contributed by atoms with van der Waals surface area (Å²) in [4.78, 5) is 35.0. The van der Waals surface area contributed by atoms with Crippen LogP contribution in [-0.4, -0.2) is 56.3 Å². The van der Waals surface area contributed by atoms with Gasteiger partial charge in [0.1, 0.15) is 6.61 Å². The average molecular weight is 804 g/mol. The number of rotatable bonds is 39. The summed E-state index contributed by atoms with van der Waals surface area (Å²) in [7, 11) is -2.69. The van der Waals surface area contributed by atoms with Gasteiger partial charge in [-0.05, 0) is 90.5 Å². The molecule has 9 nitrogen and oxygen atoms in total. The molecular weight excluding hydrogens is 725 g/mol. The van der Waals surface area contributed by atoms with Crippen molar-refractivity contribution in [1.82, 2.24) is 5.32 Å². The number of ether oxygens (including phenoxy) is 2. The Balaban J connectivity index is 4.43. The minimum atomic E-state index is -4.38. The van der Waals surface area contributed by atoms with Crippen LogP contribution in [0.3, 0.4) is 0 Å². The van der Waals surface area contributed by atoms with E-state index in [1.165, 1.54) is 64.2 Å². The fraction of sp³-hybridized carbons (Fsp3) is 0.652. The highest BCUT2D eigenvalue weighted by atomic mass is 31.2. The van der Waals surface area contributed by atoms with Crippen LogP contribution >= 0.6 is 7.82 Å². The summed E-state index contributed by atoms with van der Waals surface area (Å²) < 4.78 is 33.0. The van der Waals surface area contributed by atoms with E-state index in [0.29, 0.717) is 25.8 Å². The Bertz CT molecular complexity index is 1190. The molecule has 10 heteroatoms. The number of nitrogens with one attached hydrogen (secondary N) is 1. The van der Waals surface area contributed by atoms with Crippen LogP contribution in [0.5, 0.6) is 0 Å². The summed E-state index contributed by atoms with van der Waals surface area (Å²) in [5.74, 6) is -0.942. The Morgan fingerprint density at radius 2 is 0.964 bits per heavy atom. The first kappa shape index (κ1) is 53.2. The van der Waals surface area contributed by atoms with Crippen LogP contribution in [0, 0.1) is 0 Å². The lowest BCUT2D eigenvalue weighted by molar-refractivity contribution is -0.161. The molecule has 0 radical (unpaired) electrons. The van der Waals surface area contributed by atoms with Gasteiger partial charge in [0.15, 0.2) is 6.10 Å². The molecule has 0 amide bonds. The molecule has 0 rings (SSSR count). The van der Waals surface area contributed by atoms with Gasteiger partial charge in [-0.25, -0.2) is 4.57 Å². The van der Waals surface area contributed by atoms with Gasteiger partial charge in [0, 0.05) is 19.4 Å². The van der Waals surface area contributed by atoms with Crippen molar-refractivity contribution in [2.75, 3.05) is 33.4 Å². The molecule has 0 aliphatic carbocycles. The third-order valence-electron chi connectivity index (χ3n) is 8.49. The topological polar surface area (TPSA) is 120 Å². The van der Waals surface area contributed by atoms with Crippen molar-refractivity contribution >= 4 is 19.8 Å². The number of likely N-dealkylation sites (N-methyl/N-ethyl adjacent to an activating group) is 1. The van der Waals surface area contributed by atoms with E-state index in [4.69, 9.17) is 18.5 Å². The lowest BCUT2D eigenvalue weighted by atomic mass is 10.1. The Labute approximate surface area is 341 Å². The molecule has 56 heavy (non-hydrogen) atoms. The number of phosphoric ester groups is 1. The maximum absolute atomic E-state index is 12.6. The zero-order valence-corrected chi connectivity index (χ0v) is 36.2. The van der Waals surface area contributed by atoms with Crippen LogP contribution in [0.4, 0.5) is 0 Å². The molecule has 2 atom stereocenters. The molecule has 0 aliphatic rings. The number of phosphoric acid groups is 1. The third-order valence-corrected chi connectivity index (χ3v) is 9.47. The van der Waals surface area contributed by atoms with E-state index in [1.54, 1.807) is 7.05 Å². The zero-order valence-electron chi connectivity index (χ0n) is 35.3. The van der Waals surface area contributed by atoms with Gasteiger partial charge < -0.3 is 19.7 Å². The number of hydrogen-bond donors (Lipinski definition) is 2. The largest absolute Gasteiger partial charge is 0.472 e. The first-order valence-electron chi connectivity index (χ1n) is 21.5. The Morgan fingerprint density at radius 3 is 1.46 bits per heavy atom. The average Bonchev–Trinajstić information content (AvgIpc) is 3.18. The van der Waals surface area contributed by atoms with Gasteiger partial charge in [-0.15, -0.1) is 0 Å². The molecule has 0 saturated heterocycles. The SMILES string of the molecule is CCCCC/C=C\C/C=C\C/C=C\C/C=C\CCCC(=O)OCC(COP(=O)(O)OCCNC)OC(=O)CCC/C=C\C/C=C\C/C=C\CCCCCCCC. The van der Waals surface area contributed by atoms with E-state index >= 15 is 0 Å². The molecule has 2 N–H and O–H groups in total. The monoisotopic (exact) mass is 804 g/mol. The molecule has 0 spiro atoms. The summed E-state index contributed by atoms with van der Waals surface area (Å²) in [5, 5.41) is 2.81. The molecule has 0 saturated carbocycles. The van der Waals surface area contributed by atoms with Crippen LogP contribution in [0.25, 0.3) is 0 Å². The van der Waals surface area contributed by atoms with Crippen LogP contribution in [-0.2, 0) is 32.7 Å². The first-order chi connectivity index (χ1) is 27.3. The van der Waals surface area contributed by atoms with Gasteiger partial charge in [-0.3, -0.25) is 18.6 Å². The second-order valence-corrected chi connectivity index (χ2v) is 15.3. The molecule has 0 aliphatic heterocycles. The number of unbranched alkanes of at least 4 members (excludes halogenated alkanes) is 11. The van der Waals surface area contributed by atoms with E-state index in [1.807, 2.05) is 12.2 Å². The van der Waals surface area contributed by atoms with E-state index in [-0.39, 0.29) is 26.1 Å². The lowest BCUT2D eigenvalue weighted by Gasteiger charge is -2.20. The van der Waals surface area contributed by atoms with Crippen molar-refractivity contribution < 1.29 is 37.6 Å². The number of carbonyl (C=O) groups excluding carboxylic acids is 2. The normalized spacial score (nSPS) is 14.1. The maximum Gasteiger partial charge on any atom is 0.472 e. The van der Waals surface area contributed by atoms with Crippen LogP contribution in [0.1, 0.15) is 155 Å². The second-order valence-electron chi connectivity index (χ2n) is 13.8. The van der Waals surface area contributed by atoms with Gasteiger partial charge in [0.05, 0.1) is 13.2 Å². The molecule has 0 aromatic rings. The third kappa shape index (κ3) is 40.8. The molecule has 0 heterocycles. The molecule has 0 aromatic carbocycles. The maximum atomic E-state index is 12.6. The molecule has 0 aromatic heterocycles. The van der Waals surface area contributed by atoms with E-state index in [0.717, 1.165) is 44.9 Å². The molecule has 320 valence electrons. The fourth-order valence-electron chi connectivity index (χ4n) is 5.21. The van der Waals surface area contributed by atoms with Crippen molar-refractivity contribution in [2.24, 2.45) is 0 Å². The number of allylic oxidation sites excluding steroid dienone is 14. The molecule has 2 unspecified atom stereocenters. The predicted octanol–water partition coefficient (Wildman–Crippen LogP) is 12.3. The zero-order chi connectivity index (χ0) is 41.1. The quantitative estimate of drug-likeness (QED) is 0.0271. The summed E-state index contributed by atoms with van der Waals surface area (Å²) in [5.41, 5.74) is 0. The summed E-state index contributed by atoms with van der Waals surface area (Å²) in [6.45, 7) is 4.05. The van der Waals surface area contributed by atoms with Crippen LogP contribution in [0.2, 0.25) is 0 Å². The fourth-order valence-corrected chi connectivity index (χ4v) is 5.96. The Kier molecular flexibility index (Phi) is 39.7. The standard InChI is InChI=1S/C46H78NO8P/c1-4-6-8-10-12-14-16-18-20-22-24-26-28-30-32-34-36-38-45(48)52-42-44(43-54-56(50,51)53-41-40-47-3)55-46(49)39-37-35-33-31-29-27-25-23-21-19-17-15-13-11-9-7-5-2/h12,14,18-21,24-27,30-33,44,47H,4-11,13,15-17,22-23,28-29,34-43H2,1-3H3,(H,50,51)/b14-12-,20-18-,21-19-,26-24-,27-25-,32-30-,33-31-. The van der Waals surface area contributed by atoms with E-state index in [2.05, 4.69) is 92.1 Å². The van der Waals surface area contributed by atoms with Gasteiger partial charge in [-0.1, -0.05) is 144 Å². The smallest absolute Gasteiger partial charge is 0.462 e. The highest BCUT2D eigenvalue weighted by Crippen LogP contribution is 2.43. The van der Waals surface area contributed by atoms with E-state index < -0.39 is 32.5 Å². The van der Waals surface area contributed by atoms with Gasteiger partial charge in [0.25, 0.3) is 0 Å². The van der Waals surface area contributed by atoms with Crippen LogP contribution in [0.15, 0.2) is 85.1 Å². The highest BCUT2D eigenvalue weighted by molar-refractivity contribution is 7.47. The van der Waals surface area contributed by atoms with Crippen molar-refractivity contribution in [3.63, 3.8) is 0 Å². The van der Waals surface area contributed by atoms with Crippen molar-refractivity contribution in [3.05, 3.63) is 85.1 Å². The second kappa shape index (κ2) is 41.8. The minimum absolute atomic E-state index is 0.0389. The van der Waals surface area contributed by atoms with Gasteiger partial charge >= 0.3 is 19.8 Å². The summed E-state index contributed by atoms with van der Waals surface area (Å²) in [6, 6.07) is 0. The molecular formula is C46H78NO8P. The van der Waals surface area contributed by atoms with Gasteiger partial charge in [-0.2, -0.15) is 0 Å². The Hall–Kier alpha value is -2.81. The molecule has 0 fully saturated rings. The highest BCUT2D eigenvalue weighted by Gasteiger charge is 2.26. The van der Waals surface area contributed by atoms with Crippen molar-refractivity contribution in [1.29, 1.82) is 0 Å². The minimum Gasteiger partial charge on any atom is -0.462 e. The first-order valence-corrected chi connectivity index (χ1v) is 23.0. The van der Waals surface area contributed by atoms with Crippen LogP contribution < -0.4 is 5.32 Å². The lowest BCUT2D eigenvalue weighted by Crippen LogP contribution is -2.29. The predicted molar refractivity (Wildman–Crippen MR) is 233 cm³/mol.